The van der Waals surface area contributed by atoms with Crippen molar-refractivity contribution in [3.05, 3.63) is 24.4 Å². The van der Waals surface area contributed by atoms with Crippen molar-refractivity contribution in [1.82, 2.24) is 15.5 Å². The number of ether oxygens (including phenoxy) is 1. The maximum absolute atomic E-state index is 11.1. The first-order valence-corrected chi connectivity index (χ1v) is 7.07. The molecule has 2 N–H and O–H groups in total. The molecule has 1 aromatic carbocycles. The summed E-state index contributed by atoms with van der Waals surface area (Å²) in [4.78, 5) is 11.1. The van der Waals surface area contributed by atoms with Crippen molar-refractivity contribution in [3.63, 3.8) is 0 Å². The second kappa shape index (κ2) is 5.53. The monoisotopic (exact) mass is 273 g/mol. The number of nitrogens with one attached hydrogen (secondary N) is 2. The molecule has 1 aromatic heterocycles. The molecule has 0 radical (unpaired) electrons. The lowest BCUT2D eigenvalue weighted by Crippen LogP contribution is -2.40. The molecule has 1 heterocycles. The van der Waals surface area contributed by atoms with Gasteiger partial charge in [0.05, 0.1) is 11.7 Å². The van der Waals surface area contributed by atoms with Crippen LogP contribution in [0, 0.1) is 0 Å². The van der Waals surface area contributed by atoms with Gasteiger partial charge in [0, 0.05) is 24.8 Å². The van der Waals surface area contributed by atoms with Crippen LogP contribution in [0.1, 0.15) is 32.6 Å². The minimum absolute atomic E-state index is 0.0375. The van der Waals surface area contributed by atoms with Gasteiger partial charge in [-0.3, -0.25) is 9.89 Å². The summed E-state index contributed by atoms with van der Waals surface area (Å²) in [7, 11) is 0. The predicted molar refractivity (Wildman–Crippen MR) is 76.6 cm³/mol. The van der Waals surface area contributed by atoms with Crippen molar-refractivity contribution in [3.8, 4) is 5.75 Å². The molecule has 0 saturated heterocycles. The molecule has 1 saturated carbocycles. The van der Waals surface area contributed by atoms with Crippen molar-refractivity contribution in [2.75, 3.05) is 0 Å². The van der Waals surface area contributed by atoms with E-state index in [0.29, 0.717) is 0 Å². The minimum Gasteiger partial charge on any atom is -0.490 e. The molecule has 0 spiro atoms. The predicted octanol–water partition coefficient (Wildman–Crippen LogP) is 2.39. The average molecular weight is 273 g/mol. The highest BCUT2D eigenvalue weighted by molar-refractivity contribution is 5.79. The van der Waals surface area contributed by atoms with Crippen LogP contribution in [-0.2, 0) is 4.79 Å². The number of aromatic nitrogens is 2. The van der Waals surface area contributed by atoms with Crippen LogP contribution in [0.15, 0.2) is 24.4 Å². The second-order valence-electron chi connectivity index (χ2n) is 5.42. The van der Waals surface area contributed by atoms with Gasteiger partial charge in [-0.15, -0.1) is 0 Å². The van der Waals surface area contributed by atoms with Crippen molar-refractivity contribution in [2.24, 2.45) is 0 Å². The van der Waals surface area contributed by atoms with Gasteiger partial charge in [-0.2, -0.15) is 5.10 Å². The molecule has 20 heavy (non-hydrogen) atoms. The van der Waals surface area contributed by atoms with E-state index in [1.807, 2.05) is 18.2 Å². The molecule has 3 rings (SSSR count). The van der Waals surface area contributed by atoms with Gasteiger partial charge in [0.25, 0.3) is 0 Å². The number of H-pyrrole nitrogens is 1. The Kier molecular flexibility index (Phi) is 3.58. The third-order valence-corrected chi connectivity index (χ3v) is 3.75. The molecule has 5 heteroatoms. The number of carbonyl (C=O) groups excluding carboxylic acids is 1. The molecular weight excluding hydrogens is 254 g/mol. The SMILES string of the molecule is CC(=O)NC1CCCC(Oc2ccc3[nH]ncc3c2)C1. The average Bonchev–Trinajstić information content (AvgIpc) is 2.85. The molecule has 0 aliphatic heterocycles. The highest BCUT2D eigenvalue weighted by atomic mass is 16.5. The number of amides is 1. The zero-order valence-corrected chi connectivity index (χ0v) is 11.6. The normalized spacial score (nSPS) is 22.6. The molecule has 1 fully saturated rings. The molecule has 1 amide bonds. The number of hydrogen-bond donors (Lipinski definition) is 2. The van der Waals surface area contributed by atoms with Crippen molar-refractivity contribution < 1.29 is 9.53 Å². The Balaban J connectivity index is 1.65. The fourth-order valence-corrected chi connectivity index (χ4v) is 2.86. The summed E-state index contributed by atoms with van der Waals surface area (Å²) in [5.74, 6) is 0.905. The zero-order chi connectivity index (χ0) is 13.9. The molecule has 2 unspecified atom stereocenters. The van der Waals surface area contributed by atoms with E-state index >= 15 is 0 Å². The molecule has 1 aliphatic carbocycles. The molecule has 106 valence electrons. The van der Waals surface area contributed by atoms with E-state index in [0.717, 1.165) is 42.3 Å². The maximum atomic E-state index is 11.1. The van der Waals surface area contributed by atoms with E-state index in [2.05, 4.69) is 15.5 Å². The van der Waals surface area contributed by atoms with Crippen LogP contribution in [0.4, 0.5) is 0 Å². The van der Waals surface area contributed by atoms with Crippen LogP contribution in [0.5, 0.6) is 5.75 Å². The fourth-order valence-electron chi connectivity index (χ4n) is 2.86. The van der Waals surface area contributed by atoms with Crippen LogP contribution >= 0.6 is 0 Å². The van der Waals surface area contributed by atoms with E-state index in [1.54, 1.807) is 13.1 Å². The molecule has 1 aliphatic rings. The second-order valence-corrected chi connectivity index (χ2v) is 5.42. The molecule has 0 bridgehead atoms. The summed E-state index contributed by atoms with van der Waals surface area (Å²) in [6, 6.07) is 6.18. The van der Waals surface area contributed by atoms with E-state index in [1.165, 1.54) is 0 Å². The number of hydrogen-bond acceptors (Lipinski definition) is 3. The summed E-state index contributed by atoms with van der Waals surface area (Å²) in [6.07, 6.45) is 6.01. The van der Waals surface area contributed by atoms with Crippen molar-refractivity contribution >= 4 is 16.8 Å². The van der Waals surface area contributed by atoms with Crippen LogP contribution in [-0.4, -0.2) is 28.3 Å². The Bertz CT molecular complexity index is 608. The van der Waals surface area contributed by atoms with Crippen molar-refractivity contribution in [1.29, 1.82) is 0 Å². The molecule has 2 aromatic rings. The Hall–Kier alpha value is -2.04. The number of fused-ring (bicyclic) bond motifs is 1. The highest BCUT2D eigenvalue weighted by Gasteiger charge is 2.23. The van der Waals surface area contributed by atoms with Crippen LogP contribution < -0.4 is 10.1 Å². The summed E-state index contributed by atoms with van der Waals surface area (Å²) in [5.41, 5.74) is 1.01. The third-order valence-electron chi connectivity index (χ3n) is 3.75. The molecule has 2 atom stereocenters. The van der Waals surface area contributed by atoms with E-state index in [9.17, 15) is 4.79 Å². The minimum atomic E-state index is 0.0375. The van der Waals surface area contributed by atoms with Crippen LogP contribution in [0.3, 0.4) is 0 Å². The Morgan fingerprint density at radius 2 is 2.35 bits per heavy atom. The molecule has 5 nitrogen and oxygen atoms in total. The summed E-state index contributed by atoms with van der Waals surface area (Å²) in [5, 5.41) is 11.0. The topological polar surface area (TPSA) is 67.0 Å². The van der Waals surface area contributed by atoms with E-state index in [4.69, 9.17) is 4.74 Å². The van der Waals surface area contributed by atoms with Crippen LogP contribution in [0.2, 0.25) is 0 Å². The third kappa shape index (κ3) is 2.92. The van der Waals surface area contributed by atoms with Crippen molar-refractivity contribution in [2.45, 2.75) is 44.8 Å². The number of benzene rings is 1. The summed E-state index contributed by atoms with van der Waals surface area (Å²) >= 11 is 0. The quantitative estimate of drug-likeness (QED) is 0.902. The van der Waals surface area contributed by atoms with Gasteiger partial charge in [-0.05, 0) is 37.5 Å². The maximum Gasteiger partial charge on any atom is 0.217 e. The fraction of sp³-hybridized carbons (Fsp3) is 0.467. The van der Waals surface area contributed by atoms with Gasteiger partial charge >= 0.3 is 0 Å². The summed E-state index contributed by atoms with van der Waals surface area (Å²) < 4.78 is 6.05. The summed E-state index contributed by atoms with van der Waals surface area (Å²) in [6.45, 7) is 1.57. The van der Waals surface area contributed by atoms with Gasteiger partial charge in [0.2, 0.25) is 5.91 Å². The number of aromatic amines is 1. The lowest BCUT2D eigenvalue weighted by molar-refractivity contribution is -0.120. The molecular formula is C15H19N3O2. The first kappa shape index (κ1) is 13.0. The van der Waals surface area contributed by atoms with Gasteiger partial charge in [-0.25, -0.2) is 0 Å². The van der Waals surface area contributed by atoms with Gasteiger partial charge < -0.3 is 10.1 Å². The Morgan fingerprint density at radius 1 is 1.45 bits per heavy atom. The zero-order valence-electron chi connectivity index (χ0n) is 11.6. The standard InChI is InChI=1S/C15H19N3O2/c1-10(19)17-12-3-2-4-13(8-12)20-14-5-6-15-11(7-14)9-16-18-15/h5-7,9,12-13H,2-4,8H2,1H3,(H,16,18)(H,17,19). The number of rotatable bonds is 3. The van der Waals surface area contributed by atoms with Gasteiger partial charge in [0.1, 0.15) is 11.9 Å². The number of nitrogens with zero attached hydrogens (tertiary/aromatic N) is 1. The smallest absolute Gasteiger partial charge is 0.217 e. The van der Waals surface area contributed by atoms with Crippen LogP contribution in [0.25, 0.3) is 10.9 Å². The first-order chi connectivity index (χ1) is 9.70. The highest BCUT2D eigenvalue weighted by Crippen LogP contribution is 2.25. The largest absolute Gasteiger partial charge is 0.490 e. The Labute approximate surface area is 117 Å². The first-order valence-electron chi connectivity index (χ1n) is 7.07. The van der Waals surface area contributed by atoms with E-state index < -0.39 is 0 Å². The van der Waals surface area contributed by atoms with Gasteiger partial charge in [-0.1, -0.05) is 0 Å². The lowest BCUT2D eigenvalue weighted by Gasteiger charge is -2.29. The van der Waals surface area contributed by atoms with E-state index in [-0.39, 0.29) is 18.1 Å². The number of carbonyl (C=O) groups is 1. The lowest BCUT2D eigenvalue weighted by atomic mass is 9.93. The Morgan fingerprint density at radius 3 is 3.20 bits per heavy atom. The van der Waals surface area contributed by atoms with Gasteiger partial charge in [0.15, 0.2) is 0 Å².